The fourth-order valence-electron chi connectivity index (χ4n) is 4.40. The zero-order valence-electron chi connectivity index (χ0n) is 14.5. The smallest absolute Gasteiger partial charge is 0.208 e. The number of fused-ring (bicyclic) bond motifs is 6. The molecule has 0 radical (unpaired) electrons. The van der Waals surface area contributed by atoms with Crippen LogP contribution in [0.15, 0.2) is 46.5 Å². The molecule has 2 aromatic heterocycles. The summed E-state index contributed by atoms with van der Waals surface area (Å²) in [7, 11) is -1.68. The van der Waals surface area contributed by atoms with Crippen LogP contribution in [0.4, 0.5) is 0 Å². The van der Waals surface area contributed by atoms with Gasteiger partial charge in [-0.05, 0) is 42.7 Å². The molecule has 0 aliphatic carbocycles. The van der Waals surface area contributed by atoms with Crippen LogP contribution in [0.2, 0.25) is 5.02 Å². The second-order valence-corrected chi connectivity index (χ2v) is 10.4. The van der Waals surface area contributed by atoms with E-state index >= 15 is 0 Å². The number of rotatable bonds is 2. The van der Waals surface area contributed by atoms with E-state index in [-0.39, 0.29) is 20.8 Å². The maximum Gasteiger partial charge on any atom is 0.208 e. The fourth-order valence-corrected chi connectivity index (χ4v) is 6.28. The minimum absolute atomic E-state index is 0.0953. The number of alkyl halides is 1. The zero-order valence-corrected chi connectivity index (χ0v) is 16.9. The number of nitrogens with one attached hydrogen (secondary N) is 1. The maximum absolute atomic E-state index is 13.1. The predicted molar refractivity (Wildman–Crippen MR) is 105 cm³/mol. The Kier molecular flexibility index (Phi) is 3.70. The highest BCUT2D eigenvalue weighted by molar-refractivity contribution is 7.91. The summed E-state index contributed by atoms with van der Waals surface area (Å²) in [4.78, 5) is 3.86. The summed E-state index contributed by atoms with van der Waals surface area (Å²) in [6.07, 6.45) is 5.33. The van der Waals surface area contributed by atoms with Gasteiger partial charge in [-0.2, -0.15) is 0 Å². The summed E-state index contributed by atoms with van der Waals surface area (Å²) in [6, 6.07) is 6.86. The summed E-state index contributed by atoms with van der Waals surface area (Å²) < 4.78 is 28.3. The van der Waals surface area contributed by atoms with Gasteiger partial charge in [-0.1, -0.05) is 11.6 Å². The van der Waals surface area contributed by atoms with Crippen LogP contribution in [-0.2, 0) is 23.3 Å². The van der Waals surface area contributed by atoms with Gasteiger partial charge in [0.2, 0.25) is 9.84 Å². The normalized spacial score (nSPS) is 24.3. The van der Waals surface area contributed by atoms with E-state index in [2.05, 4.69) is 14.9 Å². The first-order chi connectivity index (χ1) is 12.8. The molecule has 2 aliphatic rings. The van der Waals surface area contributed by atoms with Crippen molar-refractivity contribution in [1.82, 2.24) is 14.9 Å². The largest absolute Gasteiger partial charge is 0.347 e. The monoisotopic (exact) mass is 421 g/mol. The number of nitrogens with zero attached hydrogens (tertiary/aromatic N) is 2. The molecule has 4 heterocycles. The van der Waals surface area contributed by atoms with E-state index in [9.17, 15) is 8.42 Å². The molecule has 5 rings (SSSR count). The van der Waals surface area contributed by atoms with Gasteiger partial charge in [0.25, 0.3) is 0 Å². The Morgan fingerprint density at radius 2 is 2.07 bits per heavy atom. The first-order valence-electron chi connectivity index (χ1n) is 8.72. The van der Waals surface area contributed by atoms with Crippen LogP contribution in [0.25, 0.3) is 10.9 Å². The zero-order chi connectivity index (χ0) is 19.0. The molecular weight excluding hydrogens is 405 g/mol. The number of pyridine rings is 1. The average molecular weight is 422 g/mol. The van der Waals surface area contributed by atoms with Crippen molar-refractivity contribution >= 4 is 43.9 Å². The van der Waals surface area contributed by atoms with Crippen molar-refractivity contribution in [3.8, 4) is 0 Å². The van der Waals surface area contributed by atoms with Crippen LogP contribution < -0.4 is 5.32 Å². The van der Waals surface area contributed by atoms with E-state index in [1.807, 2.05) is 13.1 Å². The molecule has 1 N–H and O–H groups in total. The molecule has 27 heavy (non-hydrogen) atoms. The summed E-state index contributed by atoms with van der Waals surface area (Å²) in [5.41, 5.74) is 3.36. The molecule has 140 valence electrons. The van der Waals surface area contributed by atoms with Crippen LogP contribution in [0.1, 0.15) is 30.1 Å². The van der Waals surface area contributed by atoms with Gasteiger partial charge >= 0.3 is 0 Å². The molecule has 2 unspecified atom stereocenters. The molecule has 1 fully saturated rings. The Labute approximate surface area is 167 Å². The summed E-state index contributed by atoms with van der Waals surface area (Å²) in [5, 5.41) is 4.76. The van der Waals surface area contributed by atoms with Gasteiger partial charge < -0.3 is 4.57 Å². The van der Waals surface area contributed by atoms with Crippen LogP contribution >= 0.6 is 23.2 Å². The van der Waals surface area contributed by atoms with Crippen molar-refractivity contribution < 1.29 is 8.42 Å². The Hall–Kier alpha value is -1.60. The number of benzene rings is 1. The highest BCUT2D eigenvalue weighted by atomic mass is 35.5. The van der Waals surface area contributed by atoms with E-state index in [4.69, 9.17) is 23.2 Å². The number of hydrogen-bond acceptors (Lipinski definition) is 4. The molecule has 5 nitrogen and oxygen atoms in total. The van der Waals surface area contributed by atoms with Crippen LogP contribution in [0, 0.1) is 0 Å². The van der Waals surface area contributed by atoms with E-state index in [0.29, 0.717) is 5.02 Å². The van der Waals surface area contributed by atoms with Crippen molar-refractivity contribution in [2.24, 2.45) is 7.05 Å². The van der Waals surface area contributed by atoms with E-state index in [0.717, 1.165) is 30.2 Å². The Morgan fingerprint density at radius 3 is 2.85 bits per heavy atom. The van der Waals surface area contributed by atoms with Crippen molar-refractivity contribution in [1.29, 1.82) is 0 Å². The highest BCUT2D eigenvalue weighted by Crippen LogP contribution is 2.47. The SMILES string of the molecule is Cn1c2c(c3cc(S(=O)(=O)c4cncc(Cl)c4)ccc31)C1CCC(Cl)(C2)N1. The lowest BCUT2D eigenvalue weighted by Crippen LogP contribution is -2.41. The van der Waals surface area contributed by atoms with Gasteiger partial charge in [0.05, 0.1) is 19.8 Å². The maximum atomic E-state index is 13.1. The second-order valence-electron chi connectivity index (χ2n) is 7.32. The van der Waals surface area contributed by atoms with Gasteiger partial charge in [-0.3, -0.25) is 10.3 Å². The number of aromatic nitrogens is 2. The molecule has 0 spiro atoms. The first-order valence-corrected chi connectivity index (χ1v) is 11.0. The lowest BCUT2D eigenvalue weighted by Gasteiger charge is -2.29. The molecular formula is C19H17Cl2N3O2S. The molecule has 2 atom stereocenters. The van der Waals surface area contributed by atoms with Crippen molar-refractivity contribution in [2.75, 3.05) is 0 Å². The van der Waals surface area contributed by atoms with Gasteiger partial charge in [0.15, 0.2) is 0 Å². The predicted octanol–water partition coefficient (Wildman–Crippen LogP) is 3.98. The van der Waals surface area contributed by atoms with Crippen LogP contribution in [-0.4, -0.2) is 23.0 Å². The van der Waals surface area contributed by atoms with E-state index in [1.165, 1.54) is 29.7 Å². The van der Waals surface area contributed by atoms with Gasteiger partial charge in [0, 0.05) is 48.5 Å². The van der Waals surface area contributed by atoms with E-state index in [1.54, 1.807) is 12.1 Å². The Morgan fingerprint density at radius 1 is 1.26 bits per heavy atom. The van der Waals surface area contributed by atoms with Crippen molar-refractivity contribution in [2.45, 2.75) is 40.1 Å². The van der Waals surface area contributed by atoms with Gasteiger partial charge in [-0.15, -0.1) is 11.6 Å². The fraction of sp³-hybridized carbons (Fsp3) is 0.316. The number of hydrogen-bond donors (Lipinski definition) is 1. The third-order valence-corrected chi connectivity index (χ3v) is 8.05. The number of sulfone groups is 1. The molecule has 1 aromatic carbocycles. The molecule has 1 saturated heterocycles. The highest BCUT2D eigenvalue weighted by Gasteiger charge is 2.45. The molecule has 8 heteroatoms. The summed E-state index contributed by atoms with van der Waals surface area (Å²) >= 11 is 12.6. The Balaban J connectivity index is 1.71. The van der Waals surface area contributed by atoms with Gasteiger partial charge in [0.1, 0.15) is 0 Å². The first kappa shape index (κ1) is 17.5. The lowest BCUT2D eigenvalue weighted by molar-refractivity contribution is 0.455. The van der Waals surface area contributed by atoms with Gasteiger partial charge in [-0.25, -0.2) is 8.42 Å². The number of aryl methyl sites for hydroxylation is 1. The van der Waals surface area contributed by atoms with E-state index < -0.39 is 9.84 Å². The second kappa shape index (κ2) is 5.70. The lowest BCUT2D eigenvalue weighted by atomic mass is 9.99. The van der Waals surface area contributed by atoms with Crippen LogP contribution in [0.3, 0.4) is 0 Å². The number of halogens is 2. The van der Waals surface area contributed by atoms with Crippen molar-refractivity contribution in [3.05, 3.63) is 52.9 Å². The average Bonchev–Trinajstić information content (AvgIpc) is 3.09. The minimum atomic E-state index is -3.70. The quantitative estimate of drug-likeness (QED) is 0.502. The minimum Gasteiger partial charge on any atom is -0.347 e. The third kappa shape index (κ3) is 2.54. The molecule has 0 saturated carbocycles. The molecule has 2 bridgehead atoms. The molecule has 2 aliphatic heterocycles. The Bertz CT molecular complexity index is 1210. The third-order valence-electron chi connectivity index (χ3n) is 5.69. The molecule has 0 amide bonds. The molecule has 3 aromatic rings. The standard InChI is InChI=1S/C19H17Cl2N3O2S/c1-24-16-3-2-12(27(25,26)13-6-11(20)9-22-10-13)7-14(16)18-15-4-5-19(21,23-15)8-17(18)24/h2-3,6-7,9-10,15,23H,4-5,8H2,1H3. The summed E-state index contributed by atoms with van der Waals surface area (Å²) in [6.45, 7) is 0. The van der Waals surface area contributed by atoms with Crippen molar-refractivity contribution in [3.63, 3.8) is 0 Å². The van der Waals surface area contributed by atoms with Crippen LogP contribution in [0.5, 0.6) is 0 Å². The topological polar surface area (TPSA) is 64.0 Å². The summed E-state index contributed by atoms with van der Waals surface area (Å²) in [5.74, 6) is 0.